The van der Waals surface area contributed by atoms with Crippen molar-refractivity contribution in [3.63, 3.8) is 0 Å². The Bertz CT molecular complexity index is 486. The zero-order chi connectivity index (χ0) is 15.8. The molecule has 120 valence electrons. The number of piperidine rings is 1. The number of hydrogen-bond acceptors (Lipinski definition) is 3. The van der Waals surface area contributed by atoms with Gasteiger partial charge in [0.2, 0.25) is 5.91 Å². The Hall–Kier alpha value is -1.84. The zero-order valence-corrected chi connectivity index (χ0v) is 13.3. The van der Waals surface area contributed by atoms with E-state index in [9.17, 15) is 9.59 Å². The predicted molar refractivity (Wildman–Crippen MR) is 85.3 cm³/mol. The number of amides is 1. The molecule has 1 amide bonds. The van der Waals surface area contributed by atoms with Gasteiger partial charge in [0.25, 0.3) is 0 Å². The second kappa shape index (κ2) is 8.57. The van der Waals surface area contributed by atoms with Crippen molar-refractivity contribution in [3.05, 3.63) is 35.9 Å². The lowest BCUT2D eigenvalue weighted by Gasteiger charge is -2.31. The van der Waals surface area contributed by atoms with Crippen molar-refractivity contribution in [2.24, 2.45) is 5.92 Å². The number of aryl methyl sites for hydroxylation is 1. The largest absolute Gasteiger partial charge is 0.466 e. The molecule has 1 heterocycles. The number of nitrogens with zero attached hydrogens (tertiary/aromatic N) is 1. The van der Waals surface area contributed by atoms with E-state index in [2.05, 4.69) is 12.1 Å². The molecule has 0 saturated carbocycles. The van der Waals surface area contributed by atoms with Gasteiger partial charge in [0, 0.05) is 19.5 Å². The number of hydrogen-bond donors (Lipinski definition) is 0. The summed E-state index contributed by atoms with van der Waals surface area (Å²) in [7, 11) is 0. The highest BCUT2D eigenvalue weighted by Gasteiger charge is 2.28. The van der Waals surface area contributed by atoms with Crippen LogP contribution in [0.25, 0.3) is 0 Å². The number of rotatable bonds is 6. The van der Waals surface area contributed by atoms with Crippen LogP contribution in [0.2, 0.25) is 0 Å². The molecule has 0 aliphatic carbocycles. The van der Waals surface area contributed by atoms with Crippen LogP contribution in [0.1, 0.15) is 38.2 Å². The second-order valence-electron chi connectivity index (χ2n) is 5.77. The second-order valence-corrected chi connectivity index (χ2v) is 5.77. The van der Waals surface area contributed by atoms with Gasteiger partial charge in [-0.1, -0.05) is 30.3 Å². The van der Waals surface area contributed by atoms with Crippen molar-refractivity contribution in [1.82, 2.24) is 4.90 Å². The molecule has 4 nitrogen and oxygen atoms in total. The summed E-state index contributed by atoms with van der Waals surface area (Å²) in [6.45, 7) is 3.50. The lowest BCUT2D eigenvalue weighted by atomic mass is 9.97. The Morgan fingerprint density at radius 1 is 1.27 bits per heavy atom. The molecule has 1 aromatic rings. The van der Waals surface area contributed by atoms with Crippen molar-refractivity contribution in [1.29, 1.82) is 0 Å². The van der Waals surface area contributed by atoms with Crippen molar-refractivity contribution >= 4 is 11.9 Å². The molecule has 1 saturated heterocycles. The maximum atomic E-state index is 12.3. The maximum Gasteiger partial charge on any atom is 0.310 e. The van der Waals surface area contributed by atoms with E-state index in [4.69, 9.17) is 4.74 Å². The minimum Gasteiger partial charge on any atom is -0.466 e. The summed E-state index contributed by atoms with van der Waals surface area (Å²) < 4.78 is 5.07. The fourth-order valence-electron chi connectivity index (χ4n) is 2.90. The Kier molecular flexibility index (Phi) is 6.44. The monoisotopic (exact) mass is 303 g/mol. The summed E-state index contributed by atoms with van der Waals surface area (Å²) in [5, 5.41) is 0. The van der Waals surface area contributed by atoms with E-state index in [0.29, 0.717) is 19.6 Å². The normalized spacial score (nSPS) is 18.0. The lowest BCUT2D eigenvalue weighted by molar-refractivity contribution is -0.151. The predicted octanol–water partition coefficient (Wildman–Crippen LogP) is 2.81. The van der Waals surface area contributed by atoms with Gasteiger partial charge in [-0.3, -0.25) is 9.59 Å². The van der Waals surface area contributed by atoms with Crippen LogP contribution >= 0.6 is 0 Å². The number of esters is 1. The third-order valence-electron chi connectivity index (χ3n) is 4.09. The molecule has 0 N–H and O–H groups in total. The molecule has 0 radical (unpaired) electrons. The van der Waals surface area contributed by atoms with Crippen molar-refractivity contribution in [2.75, 3.05) is 19.7 Å². The lowest BCUT2D eigenvalue weighted by Crippen LogP contribution is -2.42. The number of carbonyl (C=O) groups is 2. The van der Waals surface area contributed by atoms with E-state index in [1.165, 1.54) is 5.56 Å². The molecule has 22 heavy (non-hydrogen) atoms. The Labute approximate surface area is 132 Å². The van der Waals surface area contributed by atoms with E-state index in [1.807, 2.05) is 30.0 Å². The summed E-state index contributed by atoms with van der Waals surface area (Å²) in [6, 6.07) is 10.2. The molecular formula is C18H25NO3. The van der Waals surface area contributed by atoms with Gasteiger partial charge in [-0.2, -0.15) is 0 Å². The quantitative estimate of drug-likeness (QED) is 0.759. The number of benzene rings is 1. The third kappa shape index (κ3) is 4.86. The van der Waals surface area contributed by atoms with Crippen molar-refractivity contribution < 1.29 is 14.3 Å². The first kappa shape index (κ1) is 16.5. The standard InChI is InChI=1S/C18H25NO3/c1-2-22-18(21)16-11-7-13-19(14-16)17(20)12-6-10-15-8-4-3-5-9-15/h3-5,8-9,16H,2,6-7,10-14H2,1H3/t16-/m1/s1. The smallest absolute Gasteiger partial charge is 0.310 e. The van der Waals surface area contributed by atoms with Gasteiger partial charge < -0.3 is 9.64 Å². The molecule has 0 spiro atoms. The Morgan fingerprint density at radius 3 is 2.77 bits per heavy atom. The molecule has 0 unspecified atom stereocenters. The first-order chi connectivity index (χ1) is 10.7. The SMILES string of the molecule is CCOC(=O)[C@@H]1CCCN(C(=O)CCCc2ccccc2)C1. The molecule has 2 rings (SSSR count). The average Bonchev–Trinajstić information content (AvgIpc) is 2.56. The minimum atomic E-state index is -0.163. The molecule has 1 aromatic carbocycles. The highest BCUT2D eigenvalue weighted by molar-refractivity contribution is 5.78. The van der Waals surface area contributed by atoms with Crippen LogP contribution in [-0.4, -0.2) is 36.5 Å². The number of likely N-dealkylation sites (tertiary alicyclic amines) is 1. The van der Waals surface area contributed by atoms with Crippen LogP contribution in [0.3, 0.4) is 0 Å². The zero-order valence-electron chi connectivity index (χ0n) is 13.3. The van der Waals surface area contributed by atoms with Crippen molar-refractivity contribution in [3.8, 4) is 0 Å². The van der Waals surface area contributed by atoms with Gasteiger partial charge in [0.05, 0.1) is 12.5 Å². The Balaban J connectivity index is 1.75. The van der Waals surface area contributed by atoms with Crippen LogP contribution in [0.5, 0.6) is 0 Å². The average molecular weight is 303 g/mol. The van der Waals surface area contributed by atoms with E-state index < -0.39 is 0 Å². The third-order valence-corrected chi connectivity index (χ3v) is 4.09. The fraction of sp³-hybridized carbons (Fsp3) is 0.556. The van der Waals surface area contributed by atoms with Gasteiger partial charge >= 0.3 is 5.97 Å². The topological polar surface area (TPSA) is 46.6 Å². The van der Waals surface area contributed by atoms with E-state index in [-0.39, 0.29) is 17.8 Å². The molecule has 1 fully saturated rings. The highest BCUT2D eigenvalue weighted by Crippen LogP contribution is 2.19. The summed E-state index contributed by atoms with van der Waals surface area (Å²) in [5.41, 5.74) is 1.26. The van der Waals surface area contributed by atoms with Crippen LogP contribution in [0.15, 0.2) is 30.3 Å². The molecule has 1 aliphatic heterocycles. The first-order valence-corrected chi connectivity index (χ1v) is 8.19. The summed E-state index contributed by atoms with van der Waals surface area (Å²) >= 11 is 0. The molecule has 0 aromatic heterocycles. The number of carbonyl (C=O) groups excluding carboxylic acids is 2. The van der Waals surface area contributed by atoms with Gasteiger partial charge in [-0.25, -0.2) is 0 Å². The van der Waals surface area contributed by atoms with Crippen LogP contribution < -0.4 is 0 Å². The van der Waals surface area contributed by atoms with E-state index >= 15 is 0 Å². The van der Waals surface area contributed by atoms with Crippen LogP contribution in [-0.2, 0) is 20.7 Å². The van der Waals surface area contributed by atoms with Gasteiger partial charge in [0.1, 0.15) is 0 Å². The number of ether oxygens (including phenoxy) is 1. The van der Waals surface area contributed by atoms with Crippen LogP contribution in [0.4, 0.5) is 0 Å². The van der Waals surface area contributed by atoms with E-state index in [1.54, 1.807) is 0 Å². The maximum absolute atomic E-state index is 12.3. The molecule has 0 bridgehead atoms. The van der Waals surface area contributed by atoms with E-state index in [0.717, 1.165) is 32.2 Å². The first-order valence-electron chi connectivity index (χ1n) is 8.19. The summed E-state index contributed by atoms with van der Waals surface area (Å²) in [6.07, 6.45) is 4.02. The molecular weight excluding hydrogens is 278 g/mol. The molecule has 1 aliphatic rings. The fourth-order valence-corrected chi connectivity index (χ4v) is 2.90. The summed E-state index contributed by atoms with van der Waals surface area (Å²) in [4.78, 5) is 25.9. The van der Waals surface area contributed by atoms with Gasteiger partial charge in [-0.15, -0.1) is 0 Å². The minimum absolute atomic E-state index is 0.147. The van der Waals surface area contributed by atoms with Crippen molar-refractivity contribution in [2.45, 2.75) is 39.0 Å². The molecule has 1 atom stereocenters. The highest BCUT2D eigenvalue weighted by atomic mass is 16.5. The van der Waals surface area contributed by atoms with Gasteiger partial charge in [0.15, 0.2) is 0 Å². The van der Waals surface area contributed by atoms with Gasteiger partial charge in [-0.05, 0) is 38.2 Å². The molecule has 4 heteroatoms. The summed E-state index contributed by atoms with van der Waals surface area (Å²) in [5.74, 6) is -0.152. The van der Waals surface area contributed by atoms with Crippen LogP contribution in [0, 0.1) is 5.92 Å². The Morgan fingerprint density at radius 2 is 2.05 bits per heavy atom.